The molecular weight excluding hydrogens is 261 g/mol. The van der Waals surface area contributed by atoms with Gasteiger partial charge in [0, 0.05) is 0 Å². The molecule has 0 aromatic heterocycles. The molecule has 1 fully saturated rings. The van der Waals surface area contributed by atoms with E-state index in [2.05, 4.69) is 0 Å². The topological polar surface area (TPSA) is 46.6 Å². The van der Waals surface area contributed by atoms with Crippen molar-refractivity contribution in [2.45, 2.75) is 17.7 Å². The number of thioether (sulfide) groups is 1. The maximum atomic E-state index is 12.0. The average Bonchev–Trinajstić information content (AvgIpc) is 2.78. The second kappa shape index (κ2) is 5.29. The van der Waals surface area contributed by atoms with Gasteiger partial charge in [-0.2, -0.15) is 0 Å². The summed E-state index contributed by atoms with van der Waals surface area (Å²) >= 11 is 1.51. The summed E-state index contributed by atoms with van der Waals surface area (Å²) in [5.74, 6) is -0.682. The molecule has 1 heterocycles. The average molecular weight is 275 g/mol. The fourth-order valence-corrected chi connectivity index (χ4v) is 3.69. The molecule has 1 aliphatic rings. The highest BCUT2D eigenvalue weighted by Gasteiger charge is 2.51. The smallest absolute Gasteiger partial charge is 0.330 e. The Balaban J connectivity index is 2.44. The lowest BCUT2D eigenvalue weighted by molar-refractivity contribution is -0.146. The highest BCUT2D eigenvalue weighted by atomic mass is 32.2. The minimum Gasteiger partial charge on any atom is -0.467 e. The molecule has 0 aliphatic carbocycles. The van der Waals surface area contributed by atoms with E-state index in [4.69, 9.17) is 12.6 Å². The van der Waals surface area contributed by atoms with Crippen molar-refractivity contribution >= 4 is 31.4 Å². The Morgan fingerprint density at radius 3 is 2.58 bits per heavy atom. The maximum absolute atomic E-state index is 12.0. The zero-order valence-corrected chi connectivity index (χ0v) is 11.6. The van der Waals surface area contributed by atoms with E-state index in [0.29, 0.717) is 5.88 Å². The first-order chi connectivity index (χ1) is 9.00. The van der Waals surface area contributed by atoms with Gasteiger partial charge in [-0.15, -0.1) is 11.8 Å². The van der Waals surface area contributed by atoms with Gasteiger partial charge in [0.2, 0.25) is 7.85 Å². The van der Waals surface area contributed by atoms with E-state index in [0.717, 1.165) is 5.56 Å². The highest BCUT2D eigenvalue weighted by molar-refractivity contribution is 8.00. The third-order valence-corrected chi connectivity index (χ3v) is 4.86. The van der Waals surface area contributed by atoms with Crippen molar-refractivity contribution in [3.8, 4) is 0 Å². The molecule has 1 amide bonds. The summed E-state index contributed by atoms with van der Waals surface area (Å²) in [6, 6.07) is 8.89. The largest absolute Gasteiger partial charge is 0.467 e. The van der Waals surface area contributed by atoms with E-state index in [-0.39, 0.29) is 0 Å². The molecule has 0 saturated carbocycles. The lowest BCUT2D eigenvalue weighted by atomic mass is 9.90. The van der Waals surface area contributed by atoms with Gasteiger partial charge in [0.05, 0.1) is 17.7 Å². The molecule has 4 nitrogen and oxygen atoms in total. The lowest BCUT2D eigenvalue weighted by Gasteiger charge is -2.32. The van der Waals surface area contributed by atoms with Gasteiger partial charge in [-0.1, -0.05) is 30.3 Å². The van der Waals surface area contributed by atoms with Crippen LogP contribution in [0.1, 0.15) is 12.5 Å². The van der Waals surface area contributed by atoms with E-state index >= 15 is 0 Å². The van der Waals surface area contributed by atoms with Gasteiger partial charge >= 0.3 is 5.97 Å². The maximum Gasteiger partial charge on any atom is 0.330 e. The number of carbonyl (C=O) groups excluding carboxylic acids is 2. The van der Waals surface area contributed by atoms with Crippen molar-refractivity contribution in [2.24, 2.45) is 0 Å². The number of nitrogens with zero attached hydrogens (tertiary/aromatic N) is 1. The van der Waals surface area contributed by atoms with E-state index in [9.17, 15) is 9.59 Å². The van der Waals surface area contributed by atoms with Crippen LogP contribution in [0.25, 0.3) is 0 Å². The fraction of sp³-hybridized carbons (Fsp3) is 0.385. The van der Waals surface area contributed by atoms with E-state index in [1.165, 1.54) is 23.8 Å². The number of benzene rings is 1. The normalized spacial score (nSPS) is 26.2. The third-order valence-electron chi connectivity index (χ3n) is 3.39. The van der Waals surface area contributed by atoms with Crippen molar-refractivity contribution in [1.82, 2.24) is 4.90 Å². The Kier molecular flexibility index (Phi) is 3.89. The molecule has 1 aromatic carbocycles. The standard InChI is InChI=1S/C13H14BNO3S/c1-13(9-6-4-3-5-7-9)10(11(16)18-2)15(8-19-13)12(14)17/h3-7,10H,8H2,1-2H3. The van der Waals surface area contributed by atoms with Crippen molar-refractivity contribution in [1.29, 1.82) is 0 Å². The molecule has 1 saturated heterocycles. The van der Waals surface area contributed by atoms with Crippen molar-refractivity contribution in [3.05, 3.63) is 35.9 Å². The van der Waals surface area contributed by atoms with Gasteiger partial charge in [0.25, 0.3) is 0 Å². The second-order valence-electron chi connectivity index (χ2n) is 4.48. The number of carbonyl (C=O) groups is 2. The Bertz CT molecular complexity index is 496. The van der Waals surface area contributed by atoms with Gasteiger partial charge in [-0.05, 0) is 12.5 Å². The SMILES string of the molecule is [B]C(=O)N1CSC(C)(c2ccccc2)C1C(=O)OC. The number of rotatable bonds is 2. The van der Waals surface area contributed by atoms with Gasteiger partial charge in [0.1, 0.15) is 6.04 Å². The summed E-state index contributed by atoms with van der Waals surface area (Å²) in [5.41, 5.74) is 0.971. The Labute approximate surface area is 117 Å². The predicted molar refractivity (Wildman–Crippen MR) is 75.0 cm³/mol. The number of amides is 1. The molecule has 6 heteroatoms. The first-order valence-corrected chi connectivity index (χ1v) is 6.82. The van der Waals surface area contributed by atoms with Crippen LogP contribution >= 0.6 is 11.8 Å². The van der Waals surface area contributed by atoms with Crippen molar-refractivity contribution in [2.75, 3.05) is 13.0 Å². The molecule has 2 atom stereocenters. The minimum atomic E-state index is -0.706. The Morgan fingerprint density at radius 1 is 1.42 bits per heavy atom. The minimum absolute atomic E-state index is 0.375. The van der Waals surface area contributed by atoms with Gasteiger partial charge < -0.3 is 9.64 Å². The molecule has 98 valence electrons. The molecule has 2 rings (SSSR count). The fourth-order valence-electron chi connectivity index (χ4n) is 2.32. The summed E-state index contributed by atoms with van der Waals surface area (Å²) in [5, 5.41) is 0. The molecule has 0 spiro atoms. The van der Waals surface area contributed by atoms with Crippen LogP contribution in [0.2, 0.25) is 0 Å². The van der Waals surface area contributed by atoms with Crippen molar-refractivity contribution < 1.29 is 14.3 Å². The molecule has 19 heavy (non-hydrogen) atoms. The summed E-state index contributed by atoms with van der Waals surface area (Å²) in [4.78, 5) is 24.9. The summed E-state index contributed by atoms with van der Waals surface area (Å²) in [6.45, 7) is 1.93. The Morgan fingerprint density at radius 2 is 2.05 bits per heavy atom. The monoisotopic (exact) mass is 275 g/mol. The molecule has 1 aliphatic heterocycles. The summed E-state index contributed by atoms with van der Waals surface area (Å²) < 4.78 is 4.28. The van der Waals surface area contributed by atoms with Crippen LogP contribution in [-0.4, -0.2) is 43.6 Å². The van der Waals surface area contributed by atoms with Crippen LogP contribution < -0.4 is 0 Å². The summed E-state index contributed by atoms with van der Waals surface area (Å²) in [7, 11) is 6.66. The lowest BCUT2D eigenvalue weighted by Crippen LogP contribution is -2.48. The molecule has 1 aromatic rings. The van der Waals surface area contributed by atoms with E-state index in [1.54, 1.807) is 0 Å². The Hall–Kier alpha value is -1.43. The van der Waals surface area contributed by atoms with Crippen LogP contribution in [0.4, 0.5) is 4.79 Å². The summed E-state index contributed by atoms with van der Waals surface area (Å²) in [6.07, 6.45) is 0. The first kappa shape index (κ1) is 14.0. The van der Waals surface area contributed by atoms with Crippen LogP contribution in [0.15, 0.2) is 30.3 Å². The third kappa shape index (κ3) is 2.37. The zero-order chi connectivity index (χ0) is 14.0. The van der Waals surface area contributed by atoms with Gasteiger partial charge in [0.15, 0.2) is 5.81 Å². The van der Waals surface area contributed by atoms with E-state index < -0.39 is 22.6 Å². The molecule has 0 N–H and O–H groups in total. The number of ether oxygens (including phenoxy) is 1. The second-order valence-corrected chi connectivity index (χ2v) is 5.88. The van der Waals surface area contributed by atoms with Crippen LogP contribution in [0.5, 0.6) is 0 Å². The molecule has 0 bridgehead atoms. The number of methoxy groups -OCH3 is 1. The number of esters is 1. The quantitative estimate of drug-likeness (QED) is 0.609. The highest BCUT2D eigenvalue weighted by Crippen LogP contribution is 2.47. The number of hydrogen-bond acceptors (Lipinski definition) is 4. The molecule has 2 radical (unpaired) electrons. The number of hydrogen-bond donors (Lipinski definition) is 0. The van der Waals surface area contributed by atoms with Gasteiger partial charge in [-0.3, -0.25) is 4.79 Å². The zero-order valence-electron chi connectivity index (χ0n) is 10.8. The predicted octanol–water partition coefficient (Wildman–Crippen LogP) is 1.74. The molecular formula is C13H14BNO3S. The first-order valence-electron chi connectivity index (χ1n) is 5.84. The van der Waals surface area contributed by atoms with Crippen LogP contribution in [0, 0.1) is 0 Å². The van der Waals surface area contributed by atoms with Crippen LogP contribution in [0.3, 0.4) is 0 Å². The van der Waals surface area contributed by atoms with Crippen molar-refractivity contribution in [3.63, 3.8) is 0 Å². The van der Waals surface area contributed by atoms with Gasteiger partial charge in [-0.25, -0.2) is 4.79 Å². The van der Waals surface area contributed by atoms with E-state index in [1.807, 2.05) is 37.3 Å². The molecule has 2 unspecified atom stereocenters. The van der Waals surface area contributed by atoms with Crippen LogP contribution in [-0.2, 0) is 14.3 Å².